The molecule has 2 heteroatoms. The first kappa shape index (κ1) is 9.16. The van der Waals surface area contributed by atoms with Crippen molar-refractivity contribution in [1.29, 1.82) is 0 Å². The second-order valence-corrected chi connectivity index (χ2v) is 3.89. The zero-order valence-corrected chi connectivity index (χ0v) is 9.09. The summed E-state index contributed by atoms with van der Waals surface area (Å²) in [6.07, 6.45) is 1.88. The van der Waals surface area contributed by atoms with Gasteiger partial charge in [-0.15, -0.1) is 0 Å². The summed E-state index contributed by atoms with van der Waals surface area (Å²) in [6, 6.07) is 16.5. The maximum absolute atomic E-state index is 4.46. The van der Waals surface area contributed by atoms with Crippen LogP contribution in [0, 0.1) is 6.92 Å². The van der Waals surface area contributed by atoms with E-state index in [1.165, 1.54) is 5.56 Å². The van der Waals surface area contributed by atoms with Crippen LogP contribution in [0.4, 0.5) is 0 Å². The summed E-state index contributed by atoms with van der Waals surface area (Å²) in [4.78, 5) is 4.46. The predicted molar refractivity (Wildman–Crippen MR) is 65.8 cm³/mol. The van der Waals surface area contributed by atoms with Crippen molar-refractivity contribution in [3.8, 4) is 5.69 Å². The van der Waals surface area contributed by atoms with Crippen molar-refractivity contribution in [2.24, 2.45) is 0 Å². The summed E-state index contributed by atoms with van der Waals surface area (Å²) < 4.78 is 2.11. The summed E-state index contributed by atoms with van der Waals surface area (Å²) in [5.41, 5.74) is 4.60. The van der Waals surface area contributed by atoms with Crippen molar-refractivity contribution in [2.75, 3.05) is 0 Å². The van der Waals surface area contributed by atoms with Gasteiger partial charge in [-0.3, -0.25) is 4.57 Å². The van der Waals surface area contributed by atoms with Gasteiger partial charge in [0.1, 0.15) is 6.33 Å². The van der Waals surface area contributed by atoms with E-state index in [0.717, 1.165) is 16.7 Å². The number of fused-ring (bicyclic) bond motifs is 1. The van der Waals surface area contributed by atoms with Crippen LogP contribution in [0.25, 0.3) is 16.7 Å². The molecule has 2 aromatic carbocycles. The van der Waals surface area contributed by atoms with E-state index in [1.54, 1.807) is 0 Å². The van der Waals surface area contributed by atoms with Crippen LogP contribution in [0.5, 0.6) is 0 Å². The van der Waals surface area contributed by atoms with Crippen molar-refractivity contribution >= 4 is 11.0 Å². The molecule has 0 unspecified atom stereocenters. The molecule has 0 saturated heterocycles. The normalized spacial score (nSPS) is 10.8. The highest BCUT2D eigenvalue weighted by Gasteiger charge is 2.04. The Kier molecular flexibility index (Phi) is 2.00. The SMILES string of the molecule is Cc1cccc2c1ncn2-c1ccccc1. The van der Waals surface area contributed by atoms with Crippen molar-refractivity contribution in [3.05, 3.63) is 60.4 Å². The van der Waals surface area contributed by atoms with E-state index in [4.69, 9.17) is 0 Å². The molecule has 3 rings (SSSR count). The molecule has 0 amide bonds. The number of rotatable bonds is 1. The lowest BCUT2D eigenvalue weighted by Gasteiger charge is -2.03. The molecule has 0 spiro atoms. The Balaban J connectivity index is 2.30. The molecule has 0 fully saturated rings. The third-order valence-electron chi connectivity index (χ3n) is 2.81. The molecule has 2 nitrogen and oxygen atoms in total. The molecule has 0 aliphatic heterocycles. The molecule has 78 valence electrons. The number of hydrogen-bond donors (Lipinski definition) is 0. The topological polar surface area (TPSA) is 17.8 Å². The first-order chi connectivity index (χ1) is 7.86. The standard InChI is InChI=1S/C14H12N2/c1-11-6-5-9-13-14(11)15-10-16(13)12-7-3-2-4-8-12/h2-10H,1H3. The van der Waals surface area contributed by atoms with E-state index in [0.29, 0.717) is 0 Å². The summed E-state index contributed by atoms with van der Waals surface area (Å²) >= 11 is 0. The minimum atomic E-state index is 1.08. The first-order valence-corrected chi connectivity index (χ1v) is 5.34. The average Bonchev–Trinajstić information content (AvgIpc) is 2.75. The first-order valence-electron chi connectivity index (χ1n) is 5.34. The molecule has 1 aromatic heterocycles. The summed E-state index contributed by atoms with van der Waals surface area (Å²) in [5, 5.41) is 0. The molecule has 0 bridgehead atoms. The minimum absolute atomic E-state index is 1.08. The van der Waals surface area contributed by atoms with Crippen LogP contribution in [-0.4, -0.2) is 9.55 Å². The highest BCUT2D eigenvalue weighted by molar-refractivity contribution is 5.80. The number of nitrogens with zero attached hydrogens (tertiary/aromatic N) is 2. The lowest BCUT2D eigenvalue weighted by Crippen LogP contribution is -1.90. The number of benzene rings is 2. The smallest absolute Gasteiger partial charge is 0.100 e. The predicted octanol–water partition coefficient (Wildman–Crippen LogP) is 3.33. The Hall–Kier alpha value is -2.09. The van der Waals surface area contributed by atoms with Crippen LogP contribution in [0.1, 0.15) is 5.56 Å². The maximum Gasteiger partial charge on any atom is 0.100 e. The second-order valence-electron chi connectivity index (χ2n) is 3.89. The van der Waals surface area contributed by atoms with Crippen molar-refractivity contribution in [1.82, 2.24) is 9.55 Å². The number of aromatic nitrogens is 2. The van der Waals surface area contributed by atoms with E-state index < -0.39 is 0 Å². The Morgan fingerprint density at radius 3 is 2.56 bits per heavy atom. The Bertz CT molecular complexity index is 624. The molecular formula is C14H12N2. The van der Waals surface area contributed by atoms with Gasteiger partial charge in [-0.25, -0.2) is 4.98 Å². The number of aryl methyl sites for hydroxylation is 1. The van der Waals surface area contributed by atoms with Crippen LogP contribution in [0.15, 0.2) is 54.9 Å². The third kappa shape index (κ3) is 1.31. The lowest BCUT2D eigenvalue weighted by atomic mass is 10.2. The molecular weight excluding hydrogens is 196 g/mol. The average molecular weight is 208 g/mol. The Morgan fingerprint density at radius 2 is 1.75 bits per heavy atom. The maximum atomic E-state index is 4.46. The van der Waals surface area contributed by atoms with Gasteiger partial charge >= 0.3 is 0 Å². The molecule has 0 aliphatic rings. The van der Waals surface area contributed by atoms with Crippen LogP contribution < -0.4 is 0 Å². The molecule has 0 N–H and O–H groups in total. The lowest BCUT2D eigenvalue weighted by molar-refractivity contribution is 1.09. The van der Waals surface area contributed by atoms with E-state index in [-0.39, 0.29) is 0 Å². The van der Waals surface area contributed by atoms with E-state index in [2.05, 4.69) is 46.8 Å². The van der Waals surface area contributed by atoms with E-state index in [1.807, 2.05) is 24.5 Å². The van der Waals surface area contributed by atoms with Gasteiger partial charge in [0.25, 0.3) is 0 Å². The highest BCUT2D eigenvalue weighted by Crippen LogP contribution is 2.20. The van der Waals surface area contributed by atoms with E-state index in [9.17, 15) is 0 Å². The van der Waals surface area contributed by atoms with Gasteiger partial charge in [0.05, 0.1) is 11.0 Å². The van der Waals surface area contributed by atoms with Gasteiger partial charge in [-0.2, -0.15) is 0 Å². The minimum Gasteiger partial charge on any atom is -0.299 e. The van der Waals surface area contributed by atoms with Gasteiger partial charge in [-0.05, 0) is 30.7 Å². The summed E-state index contributed by atoms with van der Waals surface area (Å²) in [5.74, 6) is 0. The van der Waals surface area contributed by atoms with Gasteiger partial charge in [0.2, 0.25) is 0 Å². The molecule has 16 heavy (non-hydrogen) atoms. The fourth-order valence-corrected chi connectivity index (χ4v) is 1.98. The van der Waals surface area contributed by atoms with Gasteiger partial charge in [0.15, 0.2) is 0 Å². The molecule has 3 aromatic rings. The van der Waals surface area contributed by atoms with Crippen LogP contribution in [-0.2, 0) is 0 Å². The monoisotopic (exact) mass is 208 g/mol. The summed E-state index contributed by atoms with van der Waals surface area (Å²) in [7, 11) is 0. The van der Waals surface area contributed by atoms with E-state index >= 15 is 0 Å². The fourth-order valence-electron chi connectivity index (χ4n) is 1.98. The summed E-state index contributed by atoms with van der Waals surface area (Å²) in [6.45, 7) is 2.09. The van der Waals surface area contributed by atoms with Crippen LogP contribution >= 0.6 is 0 Å². The van der Waals surface area contributed by atoms with Gasteiger partial charge in [-0.1, -0.05) is 30.3 Å². The molecule has 0 atom stereocenters. The van der Waals surface area contributed by atoms with Crippen molar-refractivity contribution in [2.45, 2.75) is 6.92 Å². The van der Waals surface area contributed by atoms with Crippen molar-refractivity contribution in [3.63, 3.8) is 0 Å². The van der Waals surface area contributed by atoms with Crippen LogP contribution in [0.3, 0.4) is 0 Å². The largest absolute Gasteiger partial charge is 0.299 e. The van der Waals surface area contributed by atoms with Gasteiger partial charge < -0.3 is 0 Å². The second kappa shape index (κ2) is 3.49. The fraction of sp³-hybridized carbons (Fsp3) is 0.0714. The third-order valence-corrected chi connectivity index (χ3v) is 2.81. The van der Waals surface area contributed by atoms with Gasteiger partial charge in [0, 0.05) is 5.69 Å². The van der Waals surface area contributed by atoms with Crippen molar-refractivity contribution < 1.29 is 0 Å². The molecule has 0 aliphatic carbocycles. The Morgan fingerprint density at radius 1 is 0.938 bits per heavy atom. The quantitative estimate of drug-likeness (QED) is 0.599. The molecule has 0 radical (unpaired) electrons. The zero-order valence-electron chi connectivity index (χ0n) is 9.09. The number of para-hydroxylation sites is 2. The highest BCUT2D eigenvalue weighted by atomic mass is 15.0. The zero-order chi connectivity index (χ0) is 11.0. The number of hydrogen-bond acceptors (Lipinski definition) is 1. The Labute approximate surface area is 94.2 Å². The molecule has 1 heterocycles. The molecule has 0 saturated carbocycles. The van der Waals surface area contributed by atoms with Crippen LogP contribution in [0.2, 0.25) is 0 Å². The number of imidazole rings is 1.